The van der Waals surface area contributed by atoms with Crippen LogP contribution in [0.2, 0.25) is 0 Å². The van der Waals surface area contributed by atoms with Crippen LogP contribution < -0.4 is 11.2 Å². The lowest BCUT2D eigenvalue weighted by molar-refractivity contribution is 0.0493. The molecule has 1 aliphatic heterocycles. The third-order valence-electron chi connectivity index (χ3n) is 2.54. The highest BCUT2D eigenvalue weighted by Gasteiger charge is 2.15. The van der Waals surface area contributed by atoms with Crippen molar-refractivity contribution >= 4 is 11.5 Å². The molecule has 1 aromatic heterocycles. The Bertz CT molecular complexity index is 343. The van der Waals surface area contributed by atoms with Gasteiger partial charge in [0.05, 0.1) is 24.6 Å². The van der Waals surface area contributed by atoms with Gasteiger partial charge in [-0.05, 0) is 6.92 Å². The number of hydrazine groups is 1. The Morgan fingerprint density at radius 2 is 2.07 bits per heavy atom. The SMILES string of the molecule is Cc1nn(C)c(NN2CCOCC2)c1N. The zero-order chi connectivity index (χ0) is 10.8. The van der Waals surface area contributed by atoms with Gasteiger partial charge in [0.1, 0.15) is 0 Å². The number of nitrogens with two attached hydrogens (primary N) is 1. The van der Waals surface area contributed by atoms with Gasteiger partial charge in [-0.2, -0.15) is 5.10 Å². The summed E-state index contributed by atoms with van der Waals surface area (Å²) in [4.78, 5) is 0. The second kappa shape index (κ2) is 4.08. The number of anilines is 2. The summed E-state index contributed by atoms with van der Waals surface area (Å²) in [5.74, 6) is 0.856. The first-order chi connectivity index (χ1) is 7.18. The summed E-state index contributed by atoms with van der Waals surface area (Å²) in [6, 6.07) is 0. The van der Waals surface area contributed by atoms with Crippen molar-refractivity contribution in [2.75, 3.05) is 37.5 Å². The Balaban J connectivity index is 2.09. The minimum atomic E-state index is 0.712. The summed E-state index contributed by atoms with van der Waals surface area (Å²) in [7, 11) is 1.88. The van der Waals surface area contributed by atoms with Crippen LogP contribution in [0.3, 0.4) is 0 Å². The van der Waals surface area contributed by atoms with Crippen molar-refractivity contribution in [3.63, 3.8) is 0 Å². The highest BCUT2D eigenvalue weighted by Crippen LogP contribution is 2.21. The van der Waals surface area contributed by atoms with E-state index in [1.54, 1.807) is 4.68 Å². The minimum absolute atomic E-state index is 0.712. The average Bonchev–Trinajstić information content (AvgIpc) is 2.47. The molecule has 3 N–H and O–H groups in total. The standard InChI is InChI=1S/C9H17N5O/c1-7-8(10)9(13(2)11-7)12-14-3-5-15-6-4-14/h12H,3-6,10H2,1-2H3. The first kappa shape index (κ1) is 10.3. The van der Waals surface area contributed by atoms with Crippen molar-refractivity contribution < 1.29 is 4.74 Å². The molecular formula is C9H17N5O. The lowest BCUT2D eigenvalue weighted by Gasteiger charge is -2.27. The first-order valence-electron chi connectivity index (χ1n) is 5.07. The lowest BCUT2D eigenvalue weighted by atomic mass is 10.4. The molecule has 2 heterocycles. The summed E-state index contributed by atoms with van der Waals surface area (Å²) in [6.07, 6.45) is 0. The molecule has 0 saturated carbocycles. The van der Waals surface area contributed by atoms with Gasteiger partial charge in [-0.1, -0.05) is 0 Å². The third kappa shape index (κ3) is 2.05. The van der Waals surface area contributed by atoms with Crippen LogP contribution in [0, 0.1) is 6.92 Å². The number of hydrogen-bond donors (Lipinski definition) is 2. The van der Waals surface area contributed by atoms with E-state index in [0.29, 0.717) is 5.69 Å². The van der Waals surface area contributed by atoms with Gasteiger partial charge in [-0.15, -0.1) is 0 Å². The predicted octanol–water partition coefficient (Wildman–Crippen LogP) is -0.0302. The molecule has 0 atom stereocenters. The normalized spacial score (nSPS) is 18.0. The molecule has 0 aliphatic carbocycles. The van der Waals surface area contributed by atoms with E-state index in [1.807, 2.05) is 14.0 Å². The molecule has 2 rings (SSSR count). The molecule has 1 aromatic rings. The number of aromatic nitrogens is 2. The Labute approximate surface area is 89.0 Å². The highest BCUT2D eigenvalue weighted by atomic mass is 16.5. The predicted molar refractivity (Wildman–Crippen MR) is 58.4 cm³/mol. The maximum absolute atomic E-state index is 5.92. The molecule has 0 spiro atoms. The van der Waals surface area contributed by atoms with Crippen LogP contribution in [0.5, 0.6) is 0 Å². The van der Waals surface area contributed by atoms with E-state index in [4.69, 9.17) is 10.5 Å². The van der Waals surface area contributed by atoms with E-state index in [9.17, 15) is 0 Å². The maximum atomic E-state index is 5.92. The van der Waals surface area contributed by atoms with Crippen LogP contribution in [0.4, 0.5) is 11.5 Å². The third-order valence-corrected chi connectivity index (χ3v) is 2.54. The van der Waals surface area contributed by atoms with Crippen LogP contribution in [-0.4, -0.2) is 41.1 Å². The second-order valence-electron chi connectivity index (χ2n) is 3.68. The number of ether oxygens (including phenoxy) is 1. The van der Waals surface area contributed by atoms with E-state index in [0.717, 1.165) is 37.8 Å². The van der Waals surface area contributed by atoms with Gasteiger partial charge in [0, 0.05) is 20.1 Å². The summed E-state index contributed by atoms with van der Waals surface area (Å²) in [5, 5.41) is 6.34. The number of nitrogen functional groups attached to an aromatic ring is 1. The molecule has 1 aliphatic rings. The van der Waals surface area contributed by atoms with Gasteiger partial charge in [0.15, 0.2) is 5.82 Å². The molecule has 0 unspecified atom stereocenters. The lowest BCUT2D eigenvalue weighted by Crippen LogP contribution is -2.40. The molecule has 6 heteroatoms. The summed E-state index contributed by atoms with van der Waals surface area (Å²) < 4.78 is 7.03. The van der Waals surface area contributed by atoms with Crippen molar-refractivity contribution in [3.8, 4) is 0 Å². The molecule has 1 fully saturated rings. The van der Waals surface area contributed by atoms with Crippen molar-refractivity contribution in [2.45, 2.75) is 6.92 Å². The van der Waals surface area contributed by atoms with Crippen LogP contribution >= 0.6 is 0 Å². The number of aryl methyl sites for hydroxylation is 2. The molecule has 84 valence electrons. The zero-order valence-electron chi connectivity index (χ0n) is 9.16. The molecule has 0 amide bonds. The number of nitrogens with zero attached hydrogens (tertiary/aromatic N) is 3. The largest absolute Gasteiger partial charge is 0.394 e. The number of rotatable bonds is 2. The summed E-state index contributed by atoms with van der Waals surface area (Å²) >= 11 is 0. The fourth-order valence-corrected chi connectivity index (χ4v) is 1.63. The maximum Gasteiger partial charge on any atom is 0.162 e. The average molecular weight is 211 g/mol. The Hall–Kier alpha value is -1.27. The van der Waals surface area contributed by atoms with Gasteiger partial charge in [0.25, 0.3) is 0 Å². The monoisotopic (exact) mass is 211 g/mol. The van der Waals surface area contributed by atoms with Crippen LogP contribution in [0.15, 0.2) is 0 Å². The van der Waals surface area contributed by atoms with Crippen molar-refractivity contribution in [2.24, 2.45) is 7.05 Å². The topological polar surface area (TPSA) is 68.3 Å². The molecule has 0 bridgehead atoms. The molecule has 6 nitrogen and oxygen atoms in total. The zero-order valence-corrected chi connectivity index (χ0v) is 9.16. The Morgan fingerprint density at radius 3 is 2.60 bits per heavy atom. The molecular weight excluding hydrogens is 194 g/mol. The van der Waals surface area contributed by atoms with Gasteiger partial charge >= 0.3 is 0 Å². The Kier molecular flexibility index (Phi) is 2.79. The van der Waals surface area contributed by atoms with Crippen LogP contribution in [0.25, 0.3) is 0 Å². The number of morpholine rings is 1. The smallest absolute Gasteiger partial charge is 0.162 e. The molecule has 0 radical (unpaired) electrons. The molecule has 1 saturated heterocycles. The Morgan fingerprint density at radius 1 is 1.40 bits per heavy atom. The van der Waals surface area contributed by atoms with Crippen LogP contribution in [0.1, 0.15) is 5.69 Å². The first-order valence-corrected chi connectivity index (χ1v) is 5.07. The second-order valence-corrected chi connectivity index (χ2v) is 3.68. The minimum Gasteiger partial charge on any atom is -0.394 e. The summed E-state index contributed by atoms with van der Waals surface area (Å²) in [5.41, 5.74) is 10.8. The van der Waals surface area contributed by atoms with Crippen molar-refractivity contribution in [1.82, 2.24) is 14.8 Å². The number of hydrogen-bond acceptors (Lipinski definition) is 5. The van der Waals surface area contributed by atoms with E-state index in [2.05, 4.69) is 15.5 Å². The van der Waals surface area contributed by atoms with Gasteiger partial charge in [0.2, 0.25) is 0 Å². The van der Waals surface area contributed by atoms with Crippen molar-refractivity contribution in [1.29, 1.82) is 0 Å². The van der Waals surface area contributed by atoms with Gasteiger partial charge in [-0.25, -0.2) is 9.69 Å². The van der Waals surface area contributed by atoms with E-state index in [1.165, 1.54) is 0 Å². The van der Waals surface area contributed by atoms with E-state index in [-0.39, 0.29) is 0 Å². The summed E-state index contributed by atoms with van der Waals surface area (Å²) in [6.45, 7) is 5.14. The highest BCUT2D eigenvalue weighted by molar-refractivity contribution is 5.64. The quantitative estimate of drug-likeness (QED) is 0.719. The fourth-order valence-electron chi connectivity index (χ4n) is 1.63. The molecule has 0 aromatic carbocycles. The molecule has 15 heavy (non-hydrogen) atoms. The fraction of sp³-hybridized carbons (Fsp3) is 0.667. The van der Waals surface area contributed by atoms with Gasteiger partial charge < -0.3 is 15.9 Å². The van der Waals surface area contributed by atoms with E-state index >= 15 is 0 Å². The van der Waals surface area contributed by atoms with Crippen LogP contribution in [-0.2, 0) is 11.8 Å². The van der Waals surface area contributed by atoms with Crippen molar-refractivity contribution in [3.05, 3.63) is 5.69 Å². The van der Waals surface area contributed by atoms with Gasteiger partial charge in [-0.3, -0.25) is 0 Å². The van der Waals surface area contributed by atoms with E-state index < -0.39 is 0 Å². The number of nitrogens with one attached hydrogen (secondary N) is 1.